The number of carbonyl (C=O) groups is 1. The van der Waals surface area contributed by atoms with Crippen molar-refractivity contribution in [2.75, 3.05) is 11.1 Å². The third-order valence-corrected chi connectivity index (χ3v) is 3.60. The third kappa shape index (κ3) is 3.41. The molecule has 19 heavy (non-hydrogen) atoms. The molecule has 2 aromatic carbocycles. The van der Waals surface area contributed by atoms with Crippen LogP contribution in [0, 0.1) is 0 Å². The topological polar surface area (TPSA) is 55.1 Å². The maximum absolute atomic E-state index is 12.1. The molecule has 0 saturated heterocycles. The highest BCUT2D eigenvalue weighted by molar-refractivity contribution is 9.10. The summed E-state index contributed by atoms with van der Waals surface area (Å²) in [6.07, 6.45) is 0. The smallest absolute Gasteiger partial charge is 0.257 e. The molecule has 0 fully saturated rings. The van der Waals surface area contributed by atoms with Crippen LogP contribution in [0.15, 0.2) is 40.9 Å². The van der Waals surface area contributed by atoms with Crippen LogP contribution in [-0.2, 0) is 0 Å². The minimum atomic E-state index is -0.322. The van der Waals surface area contributed by atoms with Crippen molar-refractivity contribution in [3.63, 3.8) is 0 Å². The van der Waals surface area contributed by atoms with E-state index in [9.17, 15) is 4.79 Å². The molecular formula is C13H9BrCl2N2O. The van der Waals surface area contributed by atoms with Gasteiger partial charge in [0, 0.05) is 20.2 Å². The van der Waals surface area contributed by atoms with Crippen molar-refractivity contribution in [2.45, 2.75) is 0 Å². The number of anilines is 2. The number of nitrogens with one attached hydrogen (secondary N) is 1. The number of rotatable bonds is 2. The van der Waals surface area contributed by atoms with E-state index in [1.807, 2.05) is 0 Å². The van der Waals surface area contributed by atoms with E-state index in [0.29, 0.717) is 27.0 Å². The van der Waals surface area contributed by atoms with Crippen LogP contribution >= 0.6 is 39.1 Å². The zero-order valence-corrected chi connectivity index (χ0v) is 12.7. The first kappa shape index (κ1) is 14.2. The number of carbonyl (C=O) groups excluding carboxylic acids is 1. The molecular weight excluding hydrogens is 351 g/mol. The van der Waals surface area contributed by atoms with Gasteiger partial charge in [0.15, 0.2) is 0 Å². The Morgan fingerprint density at radius 3 is 2.42 bits per heavy atom. The van der Waals surface area contributed by atoms with Gasteiger partial charge in [-0.3, -0.25) is 4.79 Å². The van der Waals surface area contributed by atoms with E-state index in [0.717, 1.165) is 4.47 Å². The lowest BCUT2D eigenvalue weighted by atomic mass is 10.1. The number of amides is 1. The van der Waals surface area contributed by atoms with Crippen molar-refractivity contribution in [3.05, 3.63) is 56.5 Å². The summed E-state index contributed by atoms with van der Waals surface area (Å²) < 4.78 is 0.734. The Kier molecular flexibility index (Phi) is 4.34. The summed E-state index contributed by atoms with van der Waals surface area (Å²) in [7, 11) is 0. The van der Waals surface area contributed by atoms with E-state index in [1.165, 1.54) is 6.07 Å². The van der Waals surface area contributed by atoms with Gasteiger partial charge in [0.05, 0.1) is 11.3 Å². The van der Waals surface area contributed by atoms with Crippen LogP contribution in [0.2, 0.25) is 10.0 Å². The van der Waals surface area contributed by atoms with E-state index in [1.54, 1.807) is 30.3 Å². The van der Waals surface area contributed by atoms with Gasteiger partial charge in [-0.25, -0.2) is 0 Å². The number of hydrogen-bond acceptors (Lipinski definition) is 2. The zero-order valence-electron chi connectivity index (χ0n) is 9.58. The molecule has 3 N–H and O–H groups in total. The summed E-state index contributed by atoms with van der Waals surface area (Å²) in [5.74, 6) is -0.322. The predicted molar refractivity (Wildman–Crippen MR) is 83.0 cm³/mol. The van der Waals surface area contributed by atoms with Crippen molar-refractivity contribution in [1.82, 2.24) is 0 Å². The lowest BCUT2D eigenvalue weighted by Gasteiger charge is -2.09. The van der Waals surface area contributed by atoms with Crippen molar-refractivity contribution in [2.24, 2.45) is 0 Å². The van der Waals surface area contributed by atoms with Gasteiger partial charge in [0.1, 0.15) is 0 Å². The van der Waals surface area contributed by atoms with Crippen LogP contribution in [0.4, 0.5) is 11.4 Å². The molecule has 0 aliphatic rings. The largest absolute Gasteiger partial charge is 0.398 e. The Hall–Kier alpha value is -1.23. The molecule has 0 unspecified atom stereocenters. The summed E-state index contributed by atoms with van der Waals surface area (Å²) >= 11 is 15.0. The summed E-state index contributed by atoms with van der Waals surface area (Å²) in [6, 6.07) is 9.84. The molecule has 0 saturated carbocycles. The quantitative estimate of drug-likeness (QED) is 0.770. The van der Waals surface area contributed by atoms with Gasteiger partial charge in [0.2, 0.25) is 0 Å². The SMILES string of the molecule is Nc1cc(Cl)ccc1C(=O)Nc1cc(Cl)ccc1Br. The maximum Gasteiger partial charge on any atom is 0.257 e. The van der Waals surface area contributed by atoms with E-state index in [2.05, 4.69) is 21.2 Å². The predicted octanol–water partition coefficient (Wildman–Crippen LogP) is 4.59. The molecule has 0 aliphatic heterocycles. The van der Waals surface area contributed by atoms with Crippen LogP contribution in [0.3, 0.4) is 0 Å². The summed E-state index contributed by atoms with van der Waals surface area (Å²) in [5.41, 5.74) is 7.02. The Morgan fingerprint density at radius 1 is 1.11 bits per heavy atom. The van der Waals surface area contributed by atoms with Crippen molar-refractivity contribution in [1.29, 1.82) is 0 Å². The second-order valence-corrected chi connectivity index (χ2v) is 5.54. The van der Waals surface area contributed by atoms with Crippen LogP contribution < -0.4 is 11.1 Å². The van der Waals surface area contributed by atoms with Crippen molar-refractivity contribution in [3.8, 4) is 0 Å². The van der Waals surface area contributed by atoms with Crippen LogP contribution in [-0.4, -0.2) is 5.91 Å². The number of halogens is 3. The van der Waals surface area contributed by atoms with Gasteiger partial charge in [-0.1, -0.05) is 23.2 Å². The molecule has 0 radical (unpaired) electrons. The number of nitrogens with two attached hydrogens (primary N) is 1. The lowest BCUT2D eigenvalue weighted by Crippen LogP contribution is -2.14. The van der Waals surface area contributed by atoms with Gasteiger partial charge >= 0.3 is 0 Å². The molecule has 2 rings (SSSR count). The molecule has 1 amide bonds. The third-order valence-electron chi connectivity index (χ3n) is 2.43. The Balaban J connectivity index is 2.28. The lowest BCUT2D eigenvalue weighted by molar-refractivity contribution is 0.102. The van der Waals surface area contributed by atoms with E-state index in [-0.39, 0.29) is 5.91 Å². The maximum atomic E-state index is 12.1. The standard InChI is InChI=1S/C13H9BrCl2N2O/c14-10-4-2-8(16)6-12(10)18-13(19)9-3-1-7(15)5-11(9)17/h1-6H,17H2,(H,18,19). The zero-order chi connectivity index (χ0) is 14.0. The molecule has 98 valence electrons. The summed E-state index contributed by atoms with van der Waals surface area (Å²) in [4.78, 5) is 12.1. The molecule has 2 aromatic rings. The monoisotopic (exact) mass is 358 g/mol. The first-order valence-corrected chi connectivity index (χ1v) is 6.83. The molecule has 0 spiro atoms. The van der Waals surface area contributed by atoms with Crippen molar-refractivity contribution >= 4 is 56.4 Å². The van der Waals surface area contributed by atoms with Gasteiger partial charge < -0.3 is 11.1 Å². The minimum absolute atomic E-state index is 0.322. The average molecular weight is 360 g/mol. The van der Waals surface area contributed by atoms with Gasteiger partial charge in [-0.05, 0) is 52.3 Å². The first-order valence-electron chi connectivity index (χ1n) is 5.29. The minimum Gasteiger partial charge on any atom is -0.398 e. The average Bonchev–Trinajstić information content (AvgIpc) is 2.33. The second-order valence-electron chi connectivity index (χ2n) is 3.81. The Bertz CT molecular complexity index is 647. The summed E-state index contributed by atoms with van der Waals surface area (Å²) in [6.45, 7) is 0. The van der Waals surface area contributed by atoms with E-state index < -0.39 is 0 Å². The number of benzene rings is 2. The molecule has 0 atom stereocenters. The van der Waals surface area contributed by atoms with Gasteiger partial charge in [-0.2, -0.15) is 0 Å². The van der Waals surface area contributed by atoms with Crippen molar-refractivity contribution < 1.29 is 4.79 Å². The molecule has 0 heterocycles. The number of nitrogen functional groups attached to an aromatic ring is 1. The van der Waals surface area contributed by atoms with Crippen LogP contribution in [0.1, 0.15) is 10.4 Å². The highest BCUT2D eigenvalue weighted by Crippen LogP contribution is 2.27. The van der Waals surface area contributed by atoms with Gasteiger partial charge in [0.25, 0.3) is 5.91 Å². The molecule has 3 nitrogen and oxygen atoms in total. The van der Waals surface area contributed by atoms with E-state index >= 15 is 0 Å². The van der Waals surface area contributed by atoms with Crippen LogP contribution in [0.25, 0.3) is 0 Å². The van der Waals surface area contributed by atoms with Crippen LogP contribution in [0.5, 0.6) is 0 Å². The molecule has 0 bridgehead atoms. The normalized spacial score (nSPS) is 10.3. The second kappa shape index (κ2) is 5.82. The Labute approximate surface area is 128 Å². The summed E-state index contributed by atoms with van der Waals surface area (Å²) in [5, 5.41) is 3.75. The van der Waals surface area contributed by atoms with E-state index in [4.69, 9.17) is 28.9 Å². The highest BCUT2D eigenvalue weighted by Gasteiger charge is 2.12. The molecule has 0 aliphatic carbocycles. The fraction of sp³-hybridized carbons (Fsp3) is 0. The molecule has 0 aromatic heterocycles. The Morgan fingerprint density at radius 2 is 1.74 bits per heavy atom. The molecule has 6 heteroatoms. The van der Waals surface area contributed by atoms with Gasteiger partial charge in [-0.15, -0.1) is 0 Å². The fourth-order valence-electron chi connectivity index (χ4n) is 1.52. The highest BCUT2D eigenvalue weighted by atomic mass is 79.9. The first-order chi connectivity index (χ1) is 8.97. The fourth-order valence-corrected chi connectivity index (χ4v) is 2.22. The number of hydrogen-bond donors (Lipinski definition) is 2.